The van der Waals surface area contributed by atoms with E-state index in [1.54, 1.807) is 0 Å². The zero-order chi connectivity index (χ0) is 18.3. The van der Waals surface area contributed by atoms with Crippen LogP contribution in [0.2, 0.25) is 0 Å². The number of amides is 2. The molecule has 2 N–H and O–H groups in total. The summed E-state index contributed by atoms with van der Waals surface area (Å²) < 4.78 is 0. The molecule has 0 bridgehead atoms. The van der Waals surface area contributed by atoms with E-state index < -0.39 is 6.04 Å². The SMILES string of the molecule is C=CCC.CCCCC(NC(=O)CNC(=O)C(C)CC)C(C)=O. The van der Waals surface area contributed by atoms with Crippen molar-refractivity contribution in [1.82, 2.24) is 10.6 Å². The highest BCUT2D eigenvalue weighted by molar-refractivity contribution is 5.90. The summed E-state index contributed by atoms with van der Waals surface area (Å²) in [7, 11) is 0. The minimum absolute atomic E-state index is 0.0462. The van der Waals surface area contributed by atoms with Gasteiger partial charge in [0.25, 0.3) is 0 Å². The van der Waals surface area contributed by atoms with E-state index in [4.69, 9.17) is 0 Å². The van der Waals surface area contributed by atoms with Crippen LogP contribution in [0.4, 0.5) is 0 Å². The van der Waals surface area contributed by atoms with E-state index in [1.807, 2.05) is 26.8 Å². The number of allylic oxidation sites excluding steroid dienone is 1. The lowest BCUT2D eigenvalue weighted by Gasteiger charge is -2.16. The van der Waals surface area contributed by atoms with Gasteiger partial charge in [0.2, 0.25) is 11.8 Å². The molecule has 2 unspecified atom stereocenters. The normalized spacial score (nSPS) is 12.2. The highest BCUT2D eigenvalue weighted by Gasteiger charge is 2.17. The molecule has 2 amide bonds. The maximum Gasteiger partial charge on any atom is 0.239 e. The molecule has 0 spiro atoms. The van der Waals surface area contributed by atoms with Gasteiger partial charge in [0.15, 0.2) is 5.78 Å². The number of unbranched alkanes of at least 4 members (excludes halogenated alkanes) is 1. The first-order valence-electron chi connectivity index (χ1n) is 8.52. The summed E-state index contributed by atoms with van der Waals surface area (Å²) in [6.45, 7) is 12.7. The second-order valence-corrected chi connectivity index (χ2v) is 5.60. The zero-order valence-electron chi connectivity index (χ0n) is 15.4. The van der Waals surface area contributed by atoms with Gasteiger partial charge in [-0.3, -0.25) is 14.4 Å². The molecule has 0 aliphatic carbocycles. The van der Waals surface area contributed by atoms with Crippen LogP contribution in [0.15, 0.2) is 12.7 Å². The first-order chi connectivity index (χ1) is 10.8. The molecule has 0 saturated carbocycles. The molecule has 0 saturated heterocycles. The molecule has 0 aliphatic heterocycles. The smallest absolute Gasteiger partial charge is 0.239 e. The average Bonchev–Trinajstić information content (AvgIpc) is 2.55. The molecule has 0 aliphatic rings. The predicted octanol–water partition coefficient (Wildman–Crippen LogP) is 3.00. The average molecular weight is 326 g/mol. The highest BCUT2D eigenvalue weighted by atomic mass is 16.2. The van der Waals surface area contributed by atoms with Crippen LogP contribution in [-0.2, 0) is 14.4 Å². The van der Waals surface area contributed by atoms with E-state index in [2.05, 4.69) is 24.1 Å². The number of nitrogens with one attached hydrogen (secondary N) is 2. The lowest BCUT2D eigenvalue weighted by atomic mass is 10.1. The van der Waals surface area contributed by atoms with Gasteiger partial charge in [-0.2, -0.15) is 0 Å². The van der Waals surface area contributed by atoms with E-state index in [0.29, 0.717) is 6.42 Å². The Morgan fingerprint density at radius 3 is 2.13 bits per heavy atom. The van der Waals surface area contributed by atoms with E-state index in [9.17, 15) is 14.4 Å². The largest absolute Gasteiger partial charge is 0.347 e. The Morgan fingerprint density at radius 1 is 1.17 bits per heavy atom. The highest BCUT2D eigenvalue weighted by Crippen LogP contribution is 2.02. The predicted molar refractivity (Wildman–Crippen MR) is 95.1 cm³/mol. The quantitative estimate of drug-likeness (QED) is 0.606. The molecule has 0 aromatic carbocycles. The number of rotatable bonds is 10. The molecule has 23 heavy (non-hydrogen) atoms. The van der Waals surface area contributed by atoms with Crippen LogP contribution >= 0.6 is 0 Å². The summed E-state index contributed by atoms with van der Waals surface area (Å²) in [5, 5.41) is 5.23. The lowest BCUT2D eigenvalue weighted by molar-refractivity contribution is -0.129. The van der Waals surface area contributed by atoms with Crippen molar-refractivity contribution < 1.29 is 14.4 Å². The Balaban J connectivity index is 0. The van der Waals surface area contributed by atoms with E-state index in [1.165, 1.54) is 6.92 Å². The molecule has 0 radical (unpaired) electrons. The Morgan fingerprint density at radius 2 is 1.74 bits per heavy atom. The molecule has 5 nitrogen and oxygen atoms in total. The molecule has 0 fully saturated rings. The number of hydrogen-bond donors (Lipinski definition) is 2. The third-order valence-corrected chi connectivity index (χ3v) is 3.44. The van der Waals surface area contributed by atoms with Crippen LogP contribution in [-0.4, -0.2) is 30.2 Å². The lowest BCUT2D eigenvalue weighted by Crippen LogP contribution is -2.45. The number of carbonyl (C=O) groups excluding carboxylic acids is 3. The summed E-state index contributed by atoms with van der Waals surface area (Å²) in [4.78, 5) is 34.5. The molecular formula is C18H34N2O3. The Hall–Kier alpha value is -1.65. The van der Waals surface area contributed by atoms with Gasteiger partial charge in [0.1, 0.15) is 0 Å². The molecular weight excluding hydrogens is 292 g/mol. The number of Topliss-reactive ketones (excluding diaryl/α,β-unsaturated/α-hetero) is 1. The summed E-state index contributed by atoms with van der Waals surface area (Å²) in [6.07, 6.45) is 6.21. The van der Waals surface area contributed by atoms with Crippen molar-refractivity contribution in [3.05, 3.63) is 12.7 Å². The molecule has 0 aromatic heterocycles. The summed E-state index contributed by atoms with van der Waals surface area (Å²) in [5.41, 5.74) is 0. The Bertz CT molecular complexity index is 367. The number of hydrogen-bond acceptors (Lipinski definition) is 3. The van der Waals surface area contributed by atoms with Crippen LogP contribution in [0, 0.1) is 5.92 Å². The van der Waals surface area contributed by atoms with Gasteiger partial charge in [-0.05, 0) is 26.2 Å². The fraction of sp³-hybridized carbons (Fsp3) is 0.722. The number of ketones is 1. The van der Waals surface area contributed by atoms with Gasteiger partial charge >= 0.3 is 0 Å². The van der Waals surface area contributed by atoms with Crippen molar-refractivity contribution in [2.45, 2.75) is 72.8 Å². The fourth-order valence-corrected chi connectivity index (χ4v) is 1.56. The summed E-state index contributed by atoms with van der Waals surface area (Å²) in [5.74, 6) is -0.593. The van der Waals surface area contributed by atoms with Crippen LogP contribution in [0.5, 0.6) is 0 Å². The fourth-order valence-electron chi connectivity index (χ4n) is 1.56. The third kappa shape index (κ3) is 13.7. The molecule has 0 heterocycles. The van der Waals surface area contributed by atoms with Gasteiger partial charge in [0, 0.05) is 5.92 Å². The van der Waals surface area contributed by atoms with Crippen molar-refractivity contribution in [2.24, 2.45) is 5.92 Å². The maximum atomic E-state index is 11.7. The third-order valence-electron chi connectivity index (χ3n) is 3.44. The summed E-state index contributed by atoms with van der Waals surface area (Å²) >= 11 is 0. The van der Waals surface area contributed by atoms with Gasteiger partial charge in [-0.1, -0.05) is 46.6 Å². The van der Waals surface area contributed by atoms with Crippen LogP contribution in [0.3, 0.4) is 0 Å². The van der Waals surface area contributed by atoms with Crippen molar-refractivity contribution >= 4 is 17.6 Å². The molecule has 134 valence electrons. The van der Waals surface area contributed by atoms with Gasteiger partial charge in [-0.15, -0.1) is 6.58 Å². The van der Waals surface area contributed by atoms with E-state index in [-0.39, 0.29) is 30.1 Å². The molecule has 0 rings (SSSR count). The summed E-state index contributed by atoms with van der Waals surface area (Å²) in [6, 6.07) is -0.437. The second-order valence-electron chi connectivity index (χ2n) is 5.60. The first kappa shape index (κ1) is 23.6. The van der Waals surface area contributed by atoms with Gasteiger partial charge < -0.3 is 10.6 Å². The van der Waals surface area contributed by atoms with Crippen molar-refractivity contribution in [2.75, 3.05) is 6.54 Å². The van der Waals surface area contributed by atoms with Crippen LogP contribution in [0.25, 0.3) is 0 Å². The topological polar surface area (TPSA) is 75.3 Å². The van der Waals surface area contributed by atoms with Gasteiger partial charge in [0.05, 0.1) is 12.6 Å². The monoisotopic (exact) mass is 326 g/mol. The van der Waals surface area contributed by atoms with Crippen LogP contribution in [0.1, 0.15) is 66.7 Å². The second kappa shape index (κ2) is 15.3. The number of carbonyl (C=O) groups is 3. The Labute approximate surface area is 141 Å². The Kier molecular flexibility index (Phi) is 15.7. The van der Waals surface area contributed by atoms with E-state index in [0.717, 1.165) is 25.7 Å². The molecule has 2 atom stereocenters. The van der Waals surface area contributed by atoms with Crippen LogP contribution < -0.4 is 10.6 Å². The maximum absolute atomic E-state index is 11.7. The minimum atomic E-state index is -0.437. The zero-order valence-corrected chi connectivity index (χ0v) is 15.4. The first-order valence-corrected chi connectivity index (χ1v) is 8.52. The van der Waals surface area contributed by atoms with Crippen molar-refractivity contribution in [1.29, 1.82) is 0 Å². The molecule has 0 aromatic rings. The van der Waals surface area contributed by atoms with Crippen molar-refractivity contribution in [3.8, 4) is 0 Å². The van der Waals surface area contributed by atoms with Crippen molar-refractivity contribution in [3.63, 3.8) is 0 Å². The minimum Gasteiger partial charge on any atom is -0.347 e. The van der Waals surface area contributed by atoms with E-state index >= 15 is 0 Å². The standard InChI is InChI=1S/C14H26N2O3.C4H8/c1-5-7-8-12(11(4)17)16-13(18)9-15-14(19)10(3)6-2;1-3-4-2/h10,12H,5-9H2,1-4H3,(H,15,19)(H,16,18);3H,1,4H2,2H3. The molecule has 5 heteroatoms. The van der Waals surface area contributed by atoms with Gasteiger partial charge in [-0.25, -0.2) is 0 Å².